The highest BCUT2D eigenvalue weighted by molar-refractivity contribution is 7.25. The topological polar surface area (TPSA) is 8.17 Å². The number of para-hydroxylation sites is 1. The van der Waals surface area contributed by atoms with Crippen LogP contribution in [0, 0.1) is 0 Å². The van der Waals surface area contributed by atoms with Crippen LogP contribution in [0.2, 0.25) is 0 Å². The predicted octanol–water partition coefficient (Wildman–Crippen LogP) is 16.8. The molecule has 0 aliphatic rings. The van der Waals surface area contributed by atoms with E-state index in [1.165, 1.54) is 86.3 Å². The van der Waals surface area contributed by atoms with Gasteiger partial charge in [0.15, 0.2) is 0 Å². The van der Waals surface area contributed by atoms with E-state index in [4.69, 9.17) is 0 Å². The standard InChI is InChI=1S/C59H42N2S/c1-2-3-5-20-45(46-31-35-52-51-24-10-12-26-56(51)61(57(52)39-46)55-27-15-21-44-19-8-9-23-50(44)55)37-41-16-14-22-48(38-41)60(47-32-29-43(30-33-47)42-17-6-4-7-18-42)49-34-36-54-53-25-11-13-28-58(53)62-59(54)40-49/h2-36,38-40H,1,37H2/b5-3-,45-20+. The van der Waals surface area contributed by atoms with E-state index in [9.17, 15) is 0 Å². The number of hydrogen-bond donors (Lipinski definition) is 0. The summed E-state index contributed by atoms with van der Waals surface area (Å²) in [4.78, 5) is 2.40. The van der Waals surface area contributed by atoms with Gasteiger partial charge in [-0.3, -0.25) is 0 Å². The Morgan fingerprint density at radius 3 is 2.02 bits per heavy atom. The zero-order chi connectivity index (χ0) is 41.4. The molecule has 62 heavy (non-hydrogen) atoms. The van der Waals surface area contributed by atoms with Crippen molar-refractivity contribution in [3.05, 3.63) is 248 Å². The van der Waals surface area contributed by atoms with Gasteiger partial charge in [0.25, 0.3) is 0 Å². The van der Waals surface area contributed by atoms with Crippen LogP contribution in [0.3, 0.4) is 0 Å². The molecule has 0 bridgehead atoms. The SMILES string of the molecule is C=C/C=C\C=C(/Cc1cccc(N(c2ccc(-c3ccccc3)cc2)c2ccc3c(c2)sc2ccccc23)c1)c1ccc2c3ccccc3n(-c3cccc4ccccc34)c2c1. The fourth-order valence-electron chi connectivity index (χ4n) is 9.10. The zero-order valence-corrected chi connectivity index (χ0v) is 35.0. The summed E-state index contributed by atoms with van der Waals surface area (Å²) in [5.41, 5.74) is 13.0. The smallest absolute Gasteiger partial charge is 0.0547 e. The van der Waals surface area contributed by atoms with Gasteiger partial charge in [-0.25, -0.2) is 0 Å². The maximum atomic E-state index is 3.97. The first-order valence-corrected chi connectivity index (χ1v) is 22.0. The van der Waals surface area contributed by atoms with E-state index in [1.54, 1.807) is 0 Å². The van der Waals surface area contributed by atoms with Crippen molar-refractivity contribution in [2.24, 2.45) is 0 Å². The summed E-state index contributed by atoms with van der Waals surface area (Å²) in [6.45, 7) is 3.97. The van der Waals surface area contributed by atoms with Crippen LogP contribution in [-0.2, 0) is 6.42 Å². The normalized spacial score (nSPS) is 12.0. The van der Waals surface area contributed by atoms with E-state index >= 15 is 0 Å². The molecule has 0 aliphatic carbocycles. The van der Waals surface area contributed by atoms with Crippen molar-refractivity contribution in [3.8, 4) is 16.8 Å². The molecule has 2 aromatic heterocycles. The highest BCUT2D eigenvalue weighted by Crippen LogP contribution is 2.42. The minimum Gasteiger partial charge on any atom is -0.310 e. The Kier molecular flexibility index (Phi) is 9.65. The lowest BCUT2D eigenvalue weighted by Gasteiger charge is -2.26. The molecule has 11 aromatic rings. The molecule has 2 heterocycles. The van der Waals surface area contributed by atoms with Crippen LogP contribution in [-0.4, -0.2) is 4.57 Å². The zero-order valence-electron chi connectivity index (χ0n) is 34.2. The molecular weight excluding hydrogens is 769 g/mol. The van der Waals surface area contributed by atoms with Gasteiger partial charge in [0.05, 0.1) is 16.7 Å². The summed E-state index contributed by atoms with van der Waals surface area (Å²) in [5.74, 6) is 0. The van der Waals surface area contributed by atoms with Gasteiger partial charge in [-0.2, -0.15) is 0 Å². The first kappa shape index (κ1) is 37.3. The third kappa shape index (κ3) is 6.79. The predicted molar refractivity (Wildman–Crippen MR) is 269 cm³/mol. The Morgan fingerprint density at radius 2 is 1.15 bits per heavy atom. The van der Waals surface area contributed by atoms with Crippen LogP contribution in [0.15, 0.2) is 237 Å². The van der Waals surface area contributed by atoms with Crippen LogP contribution in [0.4, 0.5) is 17.1 Å². The van der Waals surface area contributed by atoms with Crippen molar-refractivity contribution in [1.82, 2.24) is 4.57 Å². The molecule has 3 heteroatoms. The number of allylic oxidation sites excluding steroid dienone is 5. The van der Waals surface area contributed by atoms with Gasteiger partial charge in [-0.1, -0.05) is 176 Å². The minimum atomic E-state index is 0.742. The minimum absolute atomic E-state index is 0.742. The largest absolute Gasteiger partial charge is 0.310 e. The lowest BCUT2D eigenvalue weighted by Crippen LogP contribution is -2.10. The quantitative estimate of drug-likeness (QED) is 0.125. The molecule has 0 fully saturated rings. The third-order valence-electron chi connectivity index (χ3n) is 12.0. The molecule has 0 amide bonds. The first-order chi connectivity index (χ1) is 30.7. The van der Waals surface area contributed by atoms with Crippen LogP contribution in [0.5, 0.6) is 0 Å². The van der Waals surface area contributed by atoms with Gasteiger partial charge in [0, 0.05) is 53.4 Å². The Morgan fingerprint density at radius 1 is 0.484 bits per heavy atom. The fraction of sp³-hybridized carbons (Fsp3) is 0.0169. The summed E-state index contributed by atoms with van der Waals surface area (Å²) in [7, 11) is 0. The number of rotatable bonds is 10. The summed E-state index contributed by atoms with van der Waals surface area (Å²) >= 11 is 1.85. The van der Waals surface area contributed by atoms with Crippen molar-refractivity contribution in [2.75, 3.05) is 4.90 Å². The van der Waals surface area contributed by atoms with Crippen molar-refractivity contribution in [1.29, 1.82) is 0 Å². The Balaban J connectivity index is 1.02. The first-order valence-electron chi connectivity index (χ1n) is 21.2. The Hall–Kier alpha value is -7.72. The second kappa shape index (κ2) is 16.0. The molecule has 0 saturated carbocycles. The number of fused-ring (bicyclic) bond motifs is 7. The average molecular weight is 811 g/mol. The van der Waals surface area contributed by atoms with Gasteiger partial charge in [0.2, 0.25) is 0 Å². The molecular formula is C59H42N2S. The summed E-state index contributed by atoms with van der Waals surface area (Å²) in [6, 6.07) is 75.3. The lowest BCUT2D eigenvalue weighted by molar-refractivity contribution is 1.19. The van der Waals surface area contributed by atoms with Gasteiger partial charge < -0.3 is 9.47 Å². The second-order valence-electron chi connectivity index (χ2n) is 15.8. The molecule has 0 aliphatic heterocycles. The van der Waals surface area contributed by atoms with Crippen molar-refractivity contribution >= 4 is 86.7 Å². The van der Waals surface area contributed by atoms with Crippen molar-refractivity contribution < 1.29 is 0 Å². The van der Waals surface area contributed by atoms with E-state index < -0.39 is 0 Å². The molecule has 0 radical (unpaired) electrons. The molecule has 2 nitrogen and oxygen atoms in total. The van der Waals surface area contributed by atoms with Crippen LogP contribution < -0.4 is 4.90 Å². The van der Waals surface area contributed by atoms with E-state index in [1.807, 2.05) is 23.5 Å². The van der Waals surface area contributed by atoms with Crippen molar-refractivity contribution in [2.45, 2.75) is 6.42 Å². The van der Waals surface area contributed by atoms with Gasteiger partial charge in [-0.15, -0.1) is 11.3 Å². The van der Waals surface area contributed by atoms with Gasteiger partial charge >= 0.3 is 0 Å². The second-order valence-corrected chi connectivity index (χ2v) is 16.9. The van der Waals surface area contributed by atoms with E-state index in [2.05, 4.69) is 234 Å². The lowest BCUT2D eigenvalue weighted by atomic mass is 9.96. The van der Waals surface area contributed by atoms with E-state index in [0.717, 1.165) is 23.5 Å². The maximum absolute atomic E-state index is 3.97. The van der Waals surface area contributed by atoms with Crippen LogP contribution in [0.25, 0.3) is 75.1 Å². The van der Waals surface area contributed by atoms with Gasteiger partial charge in [-0.05, 0) is 100 Å². The molecule has 0 spiro atoms. The van der Waals surface area contributed by atoms with Crippen LogP contribution >= 0.6 is 11.3 Å². The number of aromatic nitrogens is 1. The Bertz CT molecular complexity index is 3510. The summed E-state index contributed by atoms with van der Waals surface area (Å²) < 4.78 is 5.03. The fourth-order valence-corrected chi connectivity index (χ4v) is 10.2. The molecule has 0 saturated heterocycles. The van der Waals surface area contributed by atoms with E-state index in [0.29, 0.717) is 0 Å². The molecule has 0 N–H and O–H groups in total. The number of thiophene rings is 1. The van der Waals surface area contributed by atoms with E-state index in [-0.39, 0.29) is 0 Å². The van der Waals surface area contributed by atoms with Crippen LogP contribution in [0.1, 0.15) is 11.1 Å². The number of benzene rings is 9. The molecule has 0 unspecified atom stereocenters. The summed E-state index contributed by atoms with van der Waals surface area (Å²) in [6.07, 6.45) is 8.94. The Labute approximate surface area is 365 Å². The number of anilines is 3. The summed E-state index contributed by atoms with van der Waals surface area (Å²) in [5, 5.41) is 7.55. The highest BCUT2D eigenvalue weighted by Gasteiger charge is 2.18. The molecule has 0 atom stereocenters. The van der Waals surface area contributed by atoms with Gasteiger partial charge in [0.1, 0.15) is 0 Å². The number of hydrogen-bond acceptors (Lipinski definition) is 2. The molecule has 9 aromatic carbocycles. The maximum Gasteiger partial charge on any atom is 0.0547 e. The molecule has 11 rings (SSSR count). The number of nitrogens with zero attached hydrogens (tertiary/aromatic N) is 2. The average Bonchev–Trinajstić information content (AvgIpc) is 3.87. The molecule has 294 valence electrons. The monoisotopic (exact) mass is 810 g/mol. The highest BCUT2D eigenvalue weighted by atomic mass is 32.1. The third-order valence-corrected chi connectivity index (χ3v) is 13.1. The van der Waals surface area contributed by atoms with Crippen molar-refractivity contribution in [3.63, 3.8) is 0 Å².